The van der Waals surface area contributed by atoms with E-state index in [0.29, 0.717) is 33.9 Å². The average molecular weight is 506 g/mol. The fraction of sp³-hybridized carbons (Fsp3) is 0.154. The lowest BCUT2D eigenvalue weighted by molar-refractivity contribution is -0.384. The highest BCUT2D eigenvalue weighted by molar-refractivity contribution is 8.18. The second-order valence-corrected chi connectivity index (χ2v) is 8.56. The molecule has 1 aliphatic rings. The van der Waals surface area contributed by atoms with E-state index in [1.54, 1.807) is 30.3 Å². The predicted octanol–water partition coefficient (Wildman–Crippen LogP) is 5.47. The highest BCUT2D eigenvalue weighted by atomic mass is 32.2. The molecule has 0 saturated carbocycles. The molecule has 0 aromatic heterocycles. The highest BCUT2D eigenvalue weighted by Crippen LogP contribution is 2.33. The fourth-order valence-electron chi connectivity index (χ4n) is 3.30. The molecule has 1 aliphatic heterocycles. The fourth-order valence-corrected chi connectivity index (χ4v) is 4.14. The largest absolute Gasteiger partial charge is 0.494 e. The van der Waals surface area contributed by atoms with Crippen LogP contribution in [0.15, 0.2) is 76.6 Å². The smallest absolute Gasteiger partial charge is 0.269 e. The van der Waals surface area contributed by atoms with Gasteiger partial charge in [-0.2, -0.15) is 0 Å². The zero-order valence-corrected chi connectivity index (χ0v) is 20.4. The molecule has 184 valence electrons. The van der Waals surface area contributed by atoms with Crippen LogP contribution in [0.5, 0.6) is 17.2 Å². The number of carbonyl (C=O) groups excluding carboxylic acids is 1. The first-order chi connectivity index (χ1) is 17.4. The molecule has 1 heterocycles. The zero-order chi connectivity index (χ0) is 25.5. The van der Waals surface area contributed by atoms with E-state index < -0.39 is 4.92 Å². The number of nitrogens with zero attached hydrogens (tertiary/aromatic N) is 2. The molecule has 0 radical (unpaired) electrons. The summed E-state index contributed by atoms with van der Waals surface area (Å²) in [5, 5.41) is 14.1. The van der Waals surface area contributed by atoms with Crippen LogP contribution in [-0.2, 0) is 11.4 Å². The topological polar surface area (TPSA) is 112 Å². The molecule has 1 amide bonds. The number of amidine groups is 1. The predicted molar refractivity (Wildman–Crippen MR) is 139 cm³/mol. The van der Waals surface area contributed by atoms with Gasteiger partial charge in [0, 0.05) is 12.1 Å². The van der Waals surface area contributed by atoms with Gasteiger partial charge >= 0.3 is 0 Å². The number of nitro benzene ring substituents is 1. The number of nitrogens with one attached hydrogen (secondary N) is 1. The summed E-state index contributed by atoms with van der Waals surface area (Å²) in [6, 6.07) is 18.8. The monoisotopic (exact) mass is 505 g/mol. The Kier molecular flexibility index (Phi) is 7.86. The number of methoxy groups -OCH3 is 1. The molecule has 0 spiro atoms. The van der Waals surface area contributed by atoms with Gasteiger partial charge in [-0.05, 0) is 84.4 Å². The number of hydrogen-bond acceptors (Lipinski definition) is 8. The van der Waals surface area contributed by atoms with E-state index in [4.69, 9.17) is 14.2 Å². The molecule has 1 saturated heterocycles. The normalized spacial score (nSPS) is 15.1. The Morgan fingerprint density at radius 1 is 1.03 bits per heavy atom. The van der Waals surface area contributed by atoms with Gasteiger partial charge < -0.3 is 19.5 Å². The lowest BCUT2D eigenvalue weighted by Gasteiger charge is -2.11. The number of benzene rings is 3. The molecule has 3 aromatic rings. The molecule has 9 nitrogen and oxygen atoms in total. The van der Waals surface area contributed by atoms with Gasteiger partial charge in [-0.3, -0.25) is 14.9 Å². The molecule has 4 rings (SSSR count). The molecule has 0 bridgehead atoms. The van der Waals surface area contributed by atoms with E-state index in [1.165, 1.54) is 31.0 Å². The van der Waals surface area contributed by atoms with Crippen LogP contribution < -0.4 is 19.5 Å². The van der Waals surface area contributed by atoms with Crippen molar-refractivity contribution in [2.24, 2.45) is 4.99 Å². The minimum Gasteiger partial charge on any atom is -0.494 e. The Hall–Kier alpha value is -4.31. The van der Waals surface area contributed by atoms with Gasteiger partial charge in [0.25, 0.3) is 11.6 Å². The quantitative estimate of drug-likeness (QED) is 0.233. The summed E-state index contributed by atoms with van der Waals surface area (Å²) >= 11 is 1.25. The van der Waals surface area contributed by atoms with Crippen molar-refractivity contribution >= 4 is 40.3 Å². The molecule has 3 aromatic carbocycles. The number of ether oxygens (including phenoxy) is 3. The van der Waals surface area contributed by atoms with Crippen molar-refractivity contribution in [2.45, 2.75) is 13.5 Å². The Labute approximate surface area is 211 Å². The standard InChI is InChI=1S/C26H23N3O6S/c1-3-34-21-11-7-19(8-12-21)27-26-28-25(30)24(36-26)15-18-6-13-22(23(14-18)33-2)35-16-17-4-9-20(10-5-17)29(31)32/h4-15H,3,16H2,1-2H3,(H,27,28,30)/b24-15-. The maximum absolute atomic E-state index is 12.5. The van der Waals surface area contributed by atoms with Crippen molar-refractivity contribution in [1.29, 1.82) is 0 Å². The van der Waals surface area contributed by atoms with Gasteiger partial charge in [0.15, 0.2) is 16.7 Å². The number of hydrogen-bond donors (Lipinski definition) is 1. The third kappa shape index (κ3) is 6.22. The summed E-state index contributed by atoms with van der Waals surface area (Å²) in [6.45, 7) is 2.73. The lowest BCUT2D eigenvalue weighted by atomic mass is 10.2. The van der Waals surface area contributed by atoms with Crippen molar-refractivity contribution in [1.82, 2.24) is 5.32 Å². The number of thioether (sulfide) groups is 1. The first kappa shape index (κ1) is 24.8. The number of nitro groups is 1. The summed E-state index contributed by atoms with van der Waals surface area (Å²) in [5.41, 5.74) is 2.27. The maximum Gasteiger partial charge on any atom is 0.269 e. The second kappa shape index (κ2) is 11.4. The number of aliphatic imine (C=N–C) groups is 1. The number of non-ortho nitro benzene ring substituents is 1. The Bertz CT molecular complexity index is 1320. The second-order valence-electron chi connectivity index (χ2n) is 7.53. The highest BCUT2D eigenvalue weighted by Gasteiger charge is 2.24. The summed E-state index contributed by atoms with van der Waals surface area (Å²) in [5.74, 6) is 1.54. The molecule has 36 heavy (non-hydrogen) atoms. The Morgan fingerprint density at radius 3 is 2.44 bits per heavy atom. The average Bonchev–Trinajstić information content (AvgIpc) is 3.22. The molecule has 0 atom stereocenters. The Morgan fingerprint density at radius 2 is 1.78 bits per heavy atom. The van der Waals surface area contributed by atoms with Crippen LogP contribution in [0.2, 0.25) is 0 Å². The van der Waals surface area contributed by atoms with Gasteiger partial charge in [0.2, 0.25) is 0 Å². The third-order valence-electron chi connectivity index (χ3n) is 5.06. The Balaban J connectivity index is 1.43. The van der Waals surface area contributed by atoms with Crippen molar-refractivity contribution < 1.29 is 23.9 Å². The van der Waals surface area contributed by atoms with Crippen molar-refractivity contribution in [2.75, 3.05) is 13.7 Å². The van der Waals surface area contributed by atoms with Crippen LogP contribution in [0.3, 0.4) is 0 Å². The van der Waals surface area contributed by atoms with E-state index >= 15 is 0 Å². The maximum atomic E-state index is 12.5. The number of rotatable bonds is 9. The summed E-state index contributed by atoms with van der Waals surface area (Å²) in [7, 11) is 1.53. The van der Waals surface area contributed by atoms with E-state index in [9.17, 15) is 14.9 Å². The molecule has 10 heteroatoms. The first-order valence-electron chi connectivity index (χ1n) is 11.0. The van der Waals surface area contributed by atoms with E-state index in [1.807, 2.05) is 37.3 Å². The van der Waals surface area contributed by atoms with E-state index in [-0.39, 0.29) is 18.2 Å². The van der Waals surface area contributed by atoms with Crippen LogP contribution in [-0.4, -0.2) is 29.7 Å². The molecule has 1 fully saturated rings. The van der Waals surface area contributed by atoms with Gasteiger partial charge in [0.1, 0.15) is 12.4 Å². The van der Waals surface area contributed by atoms with Gasteiger partial charge in [-0.25, -0.2) is 4.99 Å². The van der Waals surface area contributed by atoms with Crippen molar-refractivity contribution in [3.8, 4) is 17.2 Å². The van der Waals surface area contributed by atoms with Crippen molar-refractivity contribution in [3.05, 3.63) is 92.9 Å². The van der Waals surface area contributed by atoms with E-state index in [2.05, 4.69) is 10.3 Å². The van der Waals surface area contributed by atoms with Crippen LogP contribution in [0.4, 0.5) is 11.4 Å². The van der Waals surface area contributed by atoms with Gasteiger partial charge in [-0.15, -0.1) is 0 Å². The van der Waals surface area contributed by atoms with E-state index in [0.717, 1.165) is 16.9 Å². The van der Waals surface area contributed by atoms with Gasteiger partial charge in [-0.1, -0.05) is 6.07 Å². The van der Waals surface area contributed by atoms with Crippen LogP contribution >= 0.6 is 11.8 Å². The first-order valence-corrected chi connectivity index (χ1v) is 11.8. The van der Waals surface area contributed by atoms with Crippen molar-refractivity contribution in [3.63, 3.8) is 0 Å². The molecule has 0 unspecified atom stereocenters. The molecular formula is C26H23N3O6S. The molecular weight excluding hydrogens is 482 g/mol. The minimum absolute atomic E-state index is 0.0234. The van der Waals surface area contributed by atoms with Gasteiger partial charge in [0.05, 0.1) is 29.2 Å². The lowest BCUT2D eigenvalue weighted by Crippen LogP contribution is -2.19. The minimum atomic E-state index is -0.446. The molecule has 0 aliphatic carbocycles. The number of amides is 1. The summed E-state index contributed by atoms with van der Waals surface area (Å²) in [4.78, 5) is 27.8. The van der Waals surface area contributed by atoms with Crippen LogP contribution in [0, 0.1) is 10.1 Å². The van der Waals surface area contributed by atoms with Crippen LogP contribution in [0.1, 0.15) is 18.1 Å². The number of carbonyl (C=O) groups is 1. The summed E-state index contributed by atoms with van der Waals surface area (Å²) in [6.07, 6.45) is 1.75. The SMILES string of the molecule is CCOc1ccc(N=C2NC(=O)/C(=C/c3ccc(OCc4ccc([N+](=O)[O-])cc4)c(OC)c3)S2)cc1. The van der Waals surface area contributed by atoms with Crippen LogP contribution in [0.25, 0.3) is 6.08 Å². The zero-order valence-electron chi connectivity index (χ0n) is 19.6. The molecule has 1 N–H and O–H groups in total. The summed E-state index contributed by atoms with van der Waals surface area (Å²) < 4.78 is 16.7. The third-order valence-corrected chi connectivity index (χ3v) is 5.97.